The van der Waals surface area contributed by atoms with Gasteiger partial charge in [0, 0.05) is 5.57 Å². The van der Waals surface area contributed by atoms with Gasteiger partial charge in [-0.25, -0.2) is 13.6 Å². The quantitative estimate of drug-likeness (QED) is 0.621. The Morgan fingerprint density at radius 2 is 2.20 bits per heavy atom. The molecule has 0 radical (unpaired) electrons. The molecule has 10 heavy (non-hydrogen) atoms. The van der Waals surface area contributed by atoms with E-state index in [9.17, 15) is 13.6 Å². The number of alkyl halides is 2. The Kier molecular flexibility index (Phi) is 3.61. The predicted molar refractivity (Wildman–Crippen MR) is 32.0 cm³/mol. The van der Waals surface area contributed by atoms with Crippen molar-refractivity contribution in [3.8, 4) is 0 Å². The summed E-state index contributed by atoms with van der Waals surface area (Å²) in [5.74, 6) is -1.28. The van der Waals surface area contributed by atoms with Crippen molar-refractivity contribution in [1.82, 2.24) is 0 Å². The normalized spacial score (nSPS) is 12.2. The number of aliphatic carboxylic acids is 1. The van der Waals surface area contributed by atoms with Gasteiger partial charge in [0.1, 0.15) is 0 Å². The fourth-order valence-electron chi connectivity index (χ4n) is 0.492. The molecule has 0 fully saturated rings. The average molecular weight is 150 g/mol. The summed E-state index contributed by atoms with van der Waals surface area (Å²) < 4.78 is 23.0. The molecule has 0 rings (SSSR count). The average Bonchev–Trinajstić information content (AvgIpc) is 1.81. The van der Waals surface area contributed by atoms with Gasteiger partial charge in [0.15, 0.2) is 0 Å². The van der Waals surface area contributed by atoms with E-state index in [0.29, 0.717) is 6.08 Å². The summed E-state index contributed by atoms with van der Waals surface area (Å²) in [6.45, 7) is 1.52. The van der Waals surface area contributed by atoms with Crippen molar-refractivity contribution < 1.29 is 18.7 Å². The number of carbonyl (C=O) groups is 1. The van der Waals surface area contributed by atoms with Crippen molar-refractivity contribution in [2.24, 2.45) is 0 Å². The maximum atomic E-state index is 11.5. The largest absolute Gasteiger partial charge is 0.478 e. The van der Waals surface area contributed by atoms with Gasteiger partial charge >= 0.3 is 5.97 Å². The van der Waals surface area contributed by atoms with Crippen molar-refractivity contribution in [3.05, 3.63) is 11.6 Å². The highest BCUT2D eigenvalue weighted by atomic mass is 19.3. The summed E-state index contributed by atoms with van der Waals surface area (Å²) in [4.78, 5) is 10.1. The zero-order chi connectivity index (χ0) is 8.15. The van der Waals surface area contributed by atoms with Gasteiger partial charge in [-0.2, -0.15) is 0 Å². The Bertz CT molecular complexity index is 152. The van der Waals surface area contributed by atoms with Crippen LogP contribution in [0.15, 0.2) is 11.6 Å². The van der Waals surface area contributed by atoms with Crippen LogP contribution in [0.4, 0.5) is 8.78 Å². The van der Waals surface area contributed by atoms with Crippen LogP contribution in [0.25, 0.3) is 0 Å². The molecule has 4 heteroatoms. The van der Waals surface area contributed by atoms with Gasteiger partial charge in [0.05, 0.1) is 0 Å². The van der Waals surface area contributed by atoms with E-state index >= 15 is 0 Å². The summed E-state index contributed by atoms with van der Waals surface area (Å²) in [7, 11) is 0. The van der Waals surface area contributed by atoms with Gasteiger partial charge in [-0.3, -0.25) is 0 Å². The van der Waals surface area contributed by atoms with Crippen LogP contribution in [0.5, 0.6) is 0 Å². The summed E-state index contributed by atoms with van der Waals surface area (Å²) in [6, 6.07) is 0. The molecule has 0 saturated carbocycles. The van der Waals surface area contributed by atoms with Crippen molar-refractivity contribution in [2.45, 2.75) is 19.8 Å². The van der Waals surface area contributed by atoms with Gasteiger partial charge < -0.3 is 5.11 Å². The SMILES string of the molecule is CCC(=CC(F)F)C(=O)O. The third kappa shape index (κ3) is 3.17. The van der Waals surface area contributed by atoms with E-state index < -0.39 is 12.4 Å². The molecule has 0 aromatic rings. The number of carboxylic acid groups (broad SMARTS) is 1. The summed E-state index contributed by atoms with van der Waals surface area (Å²) >= 11 is 0. The Morgan fingerprint density at radius 1 is 1.70 bits per heavy atom. The topological polar surface area (TPSA) is 37.3 Å². The second-order valence-electron chi connectivity index (χ2n) is 1.69. The molecule has 0 atom stereocenters. The Balaban J connectivity index is 4.19. The molecule has 0 heterocycles. The van der Waals surface area contributed by atoms with E-state index in [2.05, 4.69) is 0 Å². The van der Waals surface area contributed by atoms with E-state index in [4.69, 9.17) is 5.11 Å². The van der Waals surface area contributed by atoms with Crippen molar-refractivity contribution in [1.29, 1.82) is 0 Å². The highest BCUT2D eigenvalue weighted by Crippen LogP contribution is 2.05. The van der Waals surface area contributed by atoms with Gasteiger partial charge in [0.25, 0.3) is 6.43 Å². The highest BCUT2D eigenvalue weighted by Gasteiger charge is 2.07. The predicted octanol–water partition coefficient (Wildman–Crippen LogP) is 1.67. The van der Waals surface area contributed by atoms with E-state index in [1.807, 2.05) is 0 Å². The molecule has 0 spiro atoms. The molecular weight excluding hydrogens is 142 g/mol. The molecule has 58 valence electrons. The van der Waals surface area contributed by atoms with Crippen LogP contribution in [-0.2, 0) is 4.79 Å². The van der Waals surface area contributed by atoms with Crippen LogP contribution >= 0.6 is 0 Å². The zero-order valence-electron chi connectivity index (χ0n) is 5.47. The van der Waals surface area contributed by atoms with E-state index in [1.54, 1.807) is 0 Å². The van der Waals surface area contributed by atoms with E-state index in [-0.39, 0.29) is 12.0 Å². The Hall–Kier alpha value is -0.930. The number of hydrogen-bond acceptors (Lipinski definition) is 1. The van der Waals surface area contributed by atoms with Gasteiger partial charge in [-0.15, -0.1) is 0 Å². The molecular formula is C6H8F2O2. The number of hydrogen-bond donors (Lipinski definition) is 1. The first-order valence-electron chi connectivity index (χ1n) is 2.80. The third-order valence-electron chi connectivity index (χ3n) is 0.983. The number of rotatable bonds is 3. The third-order valence-corrected chi connectivity index (χ3v) is 0.983. The molecule has 2 nitrogen and oxygen atoms in total. The summed E-state index contributed by atoms with van der Waals surface area (Å²) in [5, 5.41) is 8.22. The summed E-state index contributed by atoms with van der Waals surface area (Å²) in [5.41, 5.74) is -0.241. The maximum Gasteiger partial charge on any atom is 0.331 e. The van der Waals surface area contributed by atoms with E-state index in [1.165, 1.54) is 6.92 Å². The summed E-state index contributed by atoms with van der Waals surface area (Å²) in [6.07, 6.45) is -2.10. The van der Waals surface area contributed by atoms with E-state index in [0.717, 1.165) is 0 Å². The first kappa shape index (κ1) is 9.07. The lowest BCUT2D eigenvalue weighted by Crippen LogP contribution is -2.01. The lowest BCUT2D eigenvalue weighted by Gasteiger charge is -1.95. The minimum absolute atomic E-state index is 0.125. The van der Waals surface area contributed by atoms with Crippen LogP contribution in [0.1, 0.15) is 13.3 Å². The van der Waals surface area contributed by atoms with Gasteiger partial charge in [-0.1, -0.05) is 6.92 Å². The second kappa shape index (κ2) is 3.98. The maximum absolute atomic E-state index is 11.5. The molecule has 0 aliphatic heterocycles. The van der Waals surface area contributed by atoms with Crippen LogP contribution < -0.4 is 0 Å². The number of halogens is 2. The minimum atomic E-state index is -2.67. The smallest absolute Gasteiger partial charge is 0.331 e. The Morgan fingerprint density at radius 3 is 2.30 bits per heavy atom. The van der Waals surface area contributed by atoms with Crippen LogP contribution in [0, 0.1) is 0 Å². The second-order valence-corrected chi connectivity index (χ2v) is 1.69. The van der Waals surface area contributed by atoms with Crippen LogP contribution in [0.2, 0.25) is 0 Å². The zero-order valence-corrected chi connectivity index (χ0v) is 5.47. The van der Waals surface area contributed by atoms with Crippen molar-refractivity contribution in [2.75, 3.05) is 0 Å². The molecule has 0 amide bonds. The van der Waals surface area contributed by atoms with Crippen molar-refractivity contribution in [3.63, 3.8) is 0 Å². The first-order chi connectivity index (χ1) is 4.57. The molecule has 0 saturated heterocycles. The fourth-order valence-corrected chi connectivity index (χ4v) is 0.492. The molecule has 1 N–H and O–H groups in total. The molecule has 0 aliphatic rings. The number of carboxylic acids is 1. The molecule has 0 unspecified atom stereocenters. The minimum Gasteiger partial charge on any atom is -0.478 e. The highest BCUT2D eigenvalue weighted by molar-refractivity contribution is 5.86. The Labute approximate surface area is 57.2 Å². The monoisotopic (exact) mass is 150 g/mol. The lowest BCUT2D eigenvalue weighted by molar-refractivity contribution is -0.132. The standard InChI is InChI=1S/C6H8F2O2/c1-2-4(6(9)10)3-5(7)8/h3,5H,2H2,1H3,(H,9,10). The molecule has 0 aliphatic carbocycles. The number of allylic oxidation sites excluding steroid dienone is 1. The van der Waals surface area contributed by atoms with Crippen molar-refractivity contribution >= 4 is 5.97 Å². The van der Waals surface area contributed by atoms with Crippen LogP contribution in [-0.4, -0.2) is 17.5 Å². The molecule has 0 aromatic heterocycles. The van der Waals surface area contributed by atoms with Gasteiger partial charge in [0.2, 0.25) is 0 Å². The first-order valence-corrected chi connectivity index (χ1v) is 2.80. The fraction of sp³-hybridized carbons (Fsp3) is 0.500. The van der Waals surface area contributed by atoms with Crippen LogP contribution in [0.3, 0.4) is 0 Å². The molecule has 0 aromatic carbocycles. The molecule has 0 bridgehead atoms. The lowest BCUT2D eigenvalue weighted by atomic mass is 10.2. The van der Waals surface area contributed by atoms with Gasteiger partial charge in [-0.05, 0) is 12.5 Å².